The topological polar surface area (TPSA) is 87.9 Å². The zero-order valence-electron chi connectivity index (χ0n) is 12.9. The van der Waals surface area contributed by atoms with Crippen molar-refractivity contribution in [2.24, 2.45) is 0 Å². The first-order valence-corrected chi connectivity index (χ1v) is 7.02. The van der Waals surface area contributed by atoms with Gasteiger partial charge in [-0.05, 0) is 24.6 Å². The van der Waals surface area contributed by atoms with E-state index in [9.17, 15) is 9.59 Å². The molecule has 1 heterocycles. The zero-order valence-corrected chi connectivity index (χ0v) is 12.9. The van der Waals surface area contributed by atoms with Crippen LogP contribution in [0.25, 0.3) is 0 Å². The molecule has 7 heteroatoms. The maximum absolute atomic E-state index is 11.4. The molecule has 0 fully saturated rings. The maximum Gasteiger partial charge on any atom is 0.360 e. The Morgan fingerprint density at radius 1 is 1.22 bits per heavy atom. The summed E-state index contributed by atoms with van der Waals surface area (Å²) in [5, 5.41) is 0. The summed E-state index contributed by atoms with van der Waals surface area (Å²) in [6.07, 6.45) is 1.43. The molecule has 2 rings (SSSR count). The third-order valence-corrected chi connectivity index (χ3v) is 2.89. The van der Waals surface area contributed by atoms with Gasteiger partial charge in [0.15, 0.2) is 12.3 Å². The summed E-state index contributed by atoms with van der Waals surface area (Å²) in [6.45, 7) is 2.21. The Bertz CT molecular complexity index is 661. The van der Waals surface area contributed by atoms with Crippen LogP contribution >= 0.6 is 0 Å². The van der Waals surface area contributed by atoms with Crippen molar-refractivity contribution in [3.8, 4) is 5.75 Å². The zero-order chi connectivity index (χ0) is 16.7. The highest BCUT2D eigenvalue weighted by Crippen LogP contribution is 2.15. The number of aromatic nitrogens is 1. The van der Waals surface area contributed by atoms with Crippen molar-refractivity contribution in [3.63, 3.8) is 0 Å². The van der Waals surface area contributed by atoms with Crippen molar-refractivity contribution in [2.75, 3.05) is 13.7 Å². The molecule has 0 radical (unpaired) electrons. The van der Waals surface area contributed by atoms with E-state index in [0.29, 0.717) is 12.4 Å². The van der Waals surface area contributed by atoms with Gasteiger partial charge in [-0.1, -0.05) is 12.1 Å². The van der Waals surface area contributed by atoms with Crippen LogP contribution in [-0.2, 0) is 27.3 Å². The third-order valence-electron chi connectivity index (χ3n) is 2.89. The van der Waals surface area contributed by atoms with E-state index in [2.05, 4.69) is 9.72 Å². The summed E-state index contributed by atoms with van der Waals surface area (Å²) < 4.78 is 20.0. The number of nitrogens with zero attached hydrogens (tertiary/aromatic N) is 1. The van der Waals surface area contributed by atoms with Gasteiger partial charge >= 0.3 is 11.9 Å². The lowest BCUT2D eigenvalue weighted by Crippen LogP contribution is -2.07. The van der Waals surface area contributed by atoms with Crippen LogP contribution < -0.4 is 4.74 Å². The average Bonchev–Trinajstić information content (AvgIpc) is 3.02. The highest BCUT2D eigenvalue weighted by molar-refractivity contribution is 5.86. The molecule has 0 bridgehead atoms. The molecule has 0 saturated heterocycles. The number of carbonyl (C=O) groups is 2. The lowest BCUT2D eigenvalue weighted by Gasteiger charge is -2.05. The summed E-state index contributed by atoms with van der Waals surface area (Å²) in [5.41, 5.74) is 0.927. The van der Waals surface area contributed by atoms with E-state index in [1.807, 2.05) is 0 Å². The highest BCUT2D eigenvalue weighted by atomic mass is 16.5. The standard InChI is InChI=1S/C16H17NO6/c1-3-21-15(18)8-11-4-6-12(7-5-11)22-10-14-17-13(9-23-14)16(19)20-2/h4-7,9H,3,8,10H2,1-2H3. The molecule has 0 aliphatic rings. The molecule has 0 aliphatic carbocycles. The van der Waals surface area contributed by atoms with E-state index < -0.39 is 5.97 Å². The van der Waals surface area contributed by atoms with Gasteiger partial charge in [0.1, 0.15) is 12.0 Å². The van der Waals surface area contributed by atoms with Crippen molar-refractivity contribution < 1.29 is 28.2 Å². The number of benzene rings is 1. The van der Waals surface area contributed by atoms with Gasteiger partial charge in [0.25, 0.3) is 0 Å². The Kier molecular flexibility index (Phi) is 5.74. The van der Waals surface area contributed by atoms with Crippen LogP contribution in [-0.4, -0.2) is 30.6 Å². The molecule has 2 aromatic rings. The largest absolute Gasteiger partial charge is 0.484 e. The first-order valence-electron chi connectivity index (χ1n) is 7.02. The van der Waals surface area contributed by atoms with Crippen LogP contribution in [0.15, 0.2) is 34.9 Å². The van der Waals surface area contributed by atoms with Crippen LogP contribution in [0, 0.1) is 0 Å². The smallest absolute Gasteiger partial charge is 0.360 e. The fourth-order valence-corrected chi connectivity index (χ4v) is 1.80. The molecule has 0 unspecified atom stereocenters. The number of hydrogen-bond donors (Lipinski definition) is 0. The molecule has 23 heavy (non-hydrogen) atoms. The summed E-state index contributed by atoms with van der Waals surface area (Å²) in [5.74, 6) is 0.0241. The fraction of sp³-hybridized carbons (Fsp3) is 0.312. The average molecular weight is 319 g/mol. The summed E-state index contributed by atoms with van der Waals surface area (Å²) in [4.78, 5) is 26.6. The van der Waals surface area contributed by atoms with Gasteiger partial charge in [-0.25, -0.2) is 9.78 Å². The van der Waals surface area contributed by atoms with E-state index in [1.54, 1.807) is 31.2 Å². The van der Waals surface area contributed by atoms with Gasteiger partial charge in [-0.15, -0.1) is 0 Å². The van der Waals surface area contributed by atoms with Gasteiger partial charge in [0.05, 0.1) is 20.1 Å². The van der Waals surface area contributed by atoms with Gasteiger partial charge in [-0.3, -0.25) is 4.79 Å². The first-order chi connectivity index (χ1) is 11.1. The SMILES string of the molecule is CCOC(=O)Cc1ccc(OCc2nc(C(=O)OC)co2)cc1. The predicted octanol–water partition coefficient (Wildman–Crippen LogP) is 2.15. The predicted molar refractivity (Wildman–Crippen MR) is 79.0 cm³/mol. The van der Waals surface area contributed by atoms with E-state index in [1.165, 1.54) is 13.4 Å². The molecule has 1 aromatic carbocycles. The molecule has 0 N–H and O–H groups in total. The molecule has 0 saturated carbocycles. The molecule has 7 nitrogen and oxygen atoms in total. The number of carbonyl (C=O) groups excluding carboxylic acids is 2. The number of methoxy groups -OCH3 is 1. The fourth-order valence-electron chi connectivity index (χ4n) is 1.80. The van der Waals surface area contributed by atoms with E-state index >= 15 is 0 Å². The number of oxazole rings is 1. The highest BCUT2D eigenvalue weighted by Gasteiger charge is 2.12. The van der Waals surface area contributed by atoms with Crippen molar-refractivity contribution >= 4 is 11.9 Å². The summed E-state index contributed by atoms with van der Waals surface area (Å²) in [6, 6.07) is 7.03. The van der Waals surface area contributed by atoms with Crippen LogP contribution in [0.5, 0.6) is 5.75 Å². The summed E-state index contributed by atoms with van der Waals surface area (Å²) in [7, 11) is 1.27. The van der Waals surface area contributed by atoms with E-state index in [4.69, 9.17) is 13.9 Å². The number of rotatable bonds is 7. The first kappa shape index (κ1) is 16.5. The Balaban J connectivity index is 1.87. The third kappa shape index (κ3) is 4.84. The van der Waals surface area contributed by atoms with Crippen molar-refractivity contribution in [1.29, 1.82) is 0 Å². The maximum atomic E-state index is 11.4. The minimum atomic E-state index is -0.566. The molecular weight excluding hydrogens is 302 g/mol. The molecule has 0 aliphatic heterocycles. The Morgan fingerprint density at radius 2 is 1.96 bits per heavy atom. The summed E-state index contributed by atoms with van der Waals surface area (Å²) >= 11 is 0. The van der Waals surface area contributed by atoms with Gasteiger partial charge in [-0.2, -0.15) is 0 Å². The minimum absolute atomic E-state index is 0.0776. The van der Waals surface area contributed by atoms with Crippen LogP contribution in [0.1, 0.15) is 28.9 Å². The van der Waals surface area contributed by atoms with Gasteiger partial charge < -0.3 is 18.6 Å². The van der Waals surface area contributed by atoms with Crippen molar-refractivity contribution in [3.05, 3.63) is 47.7 Å². The number of ether oxygens (including phenoxy) is 3. The lowest BCUT2D eigenvalue weighted by molar-refractivity contribution is -0.142. The van der Waals surface area contributed by atoms with Crippen LogP contribution in [0.2, 0.25) is 0 Å². The van der Waals surface area contributed by atoms with Crippen LogP contribution in [0.3, 0.4) is 0 Å². The lowest BCUT2D eigenvalue weighted by atomic mass is 10.1. The molecule has 0 atom stereocenters. The second-order valence-electron chi connectivity index (χ2n) is 4.53. The number of hydrogen-bond acceptors (Lipinski definition) is 7. The number of esters is 2. The molecule has 122 valence electrons. The quantitative estimate of drug-likeness (QED) is 0.722. The second-order valence-corrected chi connectivity index (χ2v) is 4.53. The van der Waals surface area contributed by atoms with Gasteiger partial charge in [0.2, 0.25) is 5.89 Å². The Hall–Kier alpha value is -2.83. The van der Waals surface area contributed by atoms with Crippen LogP contribution in [0.4, 0.5) is 0 Å². The normalized spacial score (nSPS) is 10.2. The van der Waals surface area contributed by atoms with E-state index in [-0.39, 0.29) is 30.6 Å². The van der Waals surface area contributed by atoms with Crippen molar-refractivity contribution in [2.45, 2.75) is 20.0 Å². The molecule has 1 aromatic heterocycles. The van der Waals surface area contributed by atoms with Crippen molar-refractivity contribution in [1.82, 2.24) is 4.98 Å². The molecule has 0 spiro atoms. The molecule has 0 amide bonds. The minimum Gasteiger partial charge on any atom is -0.484 e. The van der Waals surface area contributed by atoms with E-state index in [0.717, 1.165) is 5.56 Å². The Morgan fingerprint density at radius 3 is 2.61 bits per heavy atom. The second kappa shape index (κ2) is 7.98. The van der Waals surface area contributed by atoms with Gasteiger partial charge in [0, 0.05) is 0 Å². The monoisotopic (exact) mass is 319 g/mol. The Labute approximate surface area is 133 Å². The molecular formula is C16H17NO6.